The molecule has 1 unspecified atom stereocenters. The van der Waals surface area contributed by atoms with Crippen LogP contribution in [0.15, 0.2) is 0 Å². The van der Waals surface area contributed by atoms with E-state index in [9.17, 15) is 0 Å². The third kappa shape index (κ3) is 2.09. The highest BCUT2D eigenvalue weighted by molar-refractivity contribution is 4.88. The van der Waals surface area contributed by atoms with Gasteiger partial charge in [-0.1, -0.05) is 12.8 Å². The van der Waals surface area contributed by atoms with Crippen LogP contribution in [0.3, 0.4) is 0 Å². The summed E-state index contributed by atoms with van der Waals surface area (Å²) in [5.41, 5.74) is 0. The first-order valence-electron chi connectivity index (χ1n) is 6.03. The summed E-state index contributed by atoms with van der Waals surface area (Å²) >= 11 is 0. The first-order chi connectivity index (χ1) is 6.92. The summed E-state index contributed by atoms with van der Waals surface area (Å²) in [5.74, 6) is 0.955. The van der Waals surface area contributed by atoms with E-state index in [1.165, 1.54) is 45.1 Å². The number of nitrogens with zero attached hydrogens (tertiary/aromatic N) is 2. The summed E-state index contributed by atoms with van der Waals surface area (Å²) in [6.07, 6.45) is 9.20. The van der Waals surface area contributed by atoms with Crippen molar-refractivity contribution in [2.75, 3.05) is 13.1 Å². The van der Waals surface area contributed by atoms with E-state index in [4.69, 9.17) is 5.26 Å². The third-order valence-corrected chi connectivity index (χ3v) is 3.87. The number of hydrogen-bond donors (Lipinski definition) is 0. The van der Waals surface area contributed by atoms with Crippen LogP contribution in [0.25, 0.3) is 0 Å². The Hall–Kier alpha value is -0.550. The molecule has 1 aliphatic heterocycles. The van der Waals surface area contributed by atoms with Crippen LogP contribution in [-0.4, -0.2) is 24.0 Å². The van der Waals surface area contributed by atoms with Crippen LogP contribution in [0.4, 0.5) is 0 Å². The van der Waals surface area contributed by atoms with Gasteiger partial charge in [0.1, 0.15) is 0 Å². The second-order valence-corrected chi connectivity index (χ2v) is 4.70. The fraction of sp³-hybridized carbons (Fsp3) is 0.917. The van der Waals surface area contributed by atoms with Crippen molar-refractivity contribution in [2.45, 2.75) is 51.0 Å². The van der Waals surface area contributed by atoms with Crippen LogP contribution in [0.1, 0.15) is 44.9 Å². The minimum Gasteiger partial charge on any atom is -0.299 e. The first-order valence-corrected chi connectivity index (χ1v) is 6.03. The van der Waals surface area contributed by atoms with Crippen molar-refractivity contribution in [2.24, 2.45) is 5.92 Å². The van der Waals surface area contributed by atoms with E-state index in [-0.39, 0.29) is 0 Å². The molecular weight excluding hydrogens is 172 g/mol. The van der Waals surface area contributed by atoms with Gasteiger partial charge in [-0.05, 0) is 38.1 Å². The number of likely N-dealkylation sites (tertiary alicyclic amines) is 1. The Morgan fingerprint density at radius 1 is 1.14 bits per heavy atom. The van der Waals surface area contributed by atoms with Crippen LogP contribution in [0.2, 0.25) is 0 Å². The van der Waals surface area contributed by atoms with Crippen LogP contribution in [0.5, 0.6) is 0 Å². The van der Waals surface area contributed by atoms with Crippen molar-refractivity contribution in [1.82, 2.24) is 4.90 Å². The molecule has 0 N–H and O–H groups in total. The van der Waals surface area contributed by atoms with Gasteiger partial charge in [-0.15, -0.1) is 0 Å². The number of rotatable bonds is 3. The molecule has 2 aliphatic rings. The van der Waals surface area contributed by atoms with Crippen molar-refractivity contribution in [3.05, 3.63) is 0 Å². The SMILES string of the molecule is N#CCCN1CCCC1C1CCCC1. The fourth-order valence-corrected chi connectivity index (χ4v) is 3.20. The molecule has 1 saturated carbocycles. The van der Waals surface area contributed by atoms with Gasteiger partial charge in [0, 0.05) is 19.0 Å². The molecule has 0 bridgehead atoms. The molecule has 2 fully saturated rings. The predicted octanol–water partition coefficient (Wildman–Crippen LogP) is 2.55. The molecule has 0 aromatic carbocycles. The Morgan fingerprint density at radius 2 is 1.93 bits per heavy atom. The monoisotopic (exact) mass is 192 g/mol. The van der Waals surface area contributed by atoms with E-state index in [1.54, 1.807) is 0 Å². The average molecular weight is 192 g/mol. The van der Waals surface area contributed by atoms with Gasteiger partial charge in [-0.2, -0.15) is 5.26 Å². The summed E-state index contributed by atoms with van der Waals surface area (Å²) in [6.45, 7) is 2.25. The van der Waals surface area contributed by atoms with Gasteiger partial charge < -0.3 is 0 Å². The van der Waals surface area contributed by atoms with E-state index < -0.39 is 0 Å². The van der Waals surface area contributed by atoms with E-state index in [0.29, 0.717) is 6.42 Å². The quantitative estimate of drug-likeness (QED) is 0.687. The summed E-state index contributed by atoms with van der Waals surface area (Å²) in [6, 6.07) is 3.09. The zero-order chi connectivity index (χ0) is 9.80. The van der Waals surface area contributed by atoms with Crippen molar-refractivity contribution < 1.29 is 0 Å². The molecular formula is C12H20N2. The van der Waals surface area contributed by atoms with Crippen LogP contribution in [-0.2, 0) is 0 Å². The lowest BCUT2D eigenvalue weighted by atomic mass is 9.96. The second-order valence-electron chi connectivity index (χ2n) is 4.70. The van der Waals surface area contributed by atoms with E-state index in [0.717, 1.165) is 18.5 Å². The molecule has 2 heteroatoms. The Bertz CT molecular complexity index is 213. The minimum absolute atomic E-state index is 0.712. The Kier molecular flexibility index (Phi) is 3.42. The van der Waals surface area contributed by atoms with E-state index in [2.05, 4.69) is 11.0 Å². The van der Waals surface area contributed by atoms with Crippen LogP contribution >= 0.6 is 0 Å². The largest absolute Gasteiger partial charge is 0.299 e. The van der Waals surface area contributed by atoms with Gasteiger partial charge in [0.15, 0.2) is 0 Å². The van der Waals surface area contributed by atoms with Crippen molar-refractivity contribution in [1.29, 1.82) is 5.26 Å². The number of hydrogen-bond acceptors (Lipinski definition) is 2. The lowest BCUT2D eigenvalue weighted by Crippen LogP contribution is -2.35. The predicted molar refractivity (Wildman–Crippen MR) is 56.8 cm³/mol. The maximum Gasteiger partial charge on any atom is 0.0635 e. The third-order valence-electron chi connectivity index (χ3n) is 3.87. The highest BCUT2D eigenvalue weighted by Gasteiger charge is 2.32. The molecule has 0 aromatic rings. The van der Waals surface area contributed by atoms with Gasteiger partial charge in [0.25, 0.3) is 0 Å². The molecule has 1 aliphatic carbocycles. The van der Waals surface area contributed by atoms with E-state index in [1.807, 2.05) is 0 Å². The molecule has 1 heterocycles. The Labute approximate surface area is 86.9 Å². The first kappa shape index (κ1) is 9.98. The second kappa shape index (κ2) is 4.79. The molecule has 0 aromatic heterocycles. The van der Waals surface area contributed by atoms with Gasteiger partial charge >= 0.3 is 0 Å². The Morgan fingerprint density at radius 3 is 2.64 bits per heavy atom. The summed E-state index contributed by atoms with van der Waals surface area (Å²) in [5, 5.41) is 8.60. The molecule has 0 amide bonds. The van der Waals surface area contributed by atoms with Gasteiger partial charge in [-0.25, -0.2) is 0 Å². The Balaban J connectivity index is 1.86. The topological polar surface area (TPSA) is 27.0 Å². The standard InChI is InChI=1S/C12H20N2/c13-8-4-10-14-9-3-7-12(14)11-5-1-2-6-11/h11-12H,1-7,9-10H2. The smallest absolute Gasteiger partial charge is 0.0635 e. The lowest BCUT2D eigenvalue weighted by Gasteiger charge is -2.28. The maximum atomic E-state index is 8.60. The number of nitriles is 1. The van der Waals surface area contributed by atoms with Gasteiger partial charge in [0.2, 0.25) is 0 Å². The minimum atomic E-state index is 0.712. The van der Waals surface area contributed by atoms with Crippen molar-refractivity contribution in [3.8, 4) is 6.07 Å². The molecule has 78 valence electrons. The summed E-state index contributed by atoms with van der Waals surface area (Å²) < 4.78 is 0. The fourth-order valence-electron chi connectivity index (χ4n) is 3.20. The maximum absolute atomic E-state index is 8.60. The highest BCUT2D eigenvalue weighted by Crippen LogP contribution is 2.35. The molecule has 0 radical (unpaired) electrons. The van der Waals surface area contributed by atoms with Crippen molar-refractivity contribution >= 4 is 0 Å². The molecule has 14 heavy (non-hydrogen) atoms. The summed E-state index contributed by atoms with van der Waals surface area (Å²) in [7, 11) is 0. The van der Waals surface area contributed by atoms with Crippen LogP contribution < -0.4 is 0 Å². The zero-order valence-corrected chi connectivity index (χ0v) is 8.91. The lowest BCUT2D eigenvalue weighted by molar-refractivity contribution is 0.194. The van der Waals surface area contributed by atoms with Gasteiger partial charge in [-0.3, -0.25) is 4.90 Å². The molecule has 1 saturated heterocycles. The molecule has 2 nitrogen and oxygen atoms in total. The highest BCUT2D eigenvalue weighted by atomic mass is 15.2. The zero-order valence-electron chi connectivity index (χ0n) is 8.91. The molecule has 1 atom stereocenters. The van der Waals surface area contributed by atoms with Crippen LogP contribution in [0, 0.1) is 17.2 Å². The molecule has 0 spiro atoms. The average Bonchev–Trinajstić information content (AvgIpc) is 2.84. The summed E-state index contributed by atoms with van der Waals surface area (Å²) in [4.78, 5) is 2.57. The van der Waals surface area contributed by atoms with Crippen molar-refractivity contribution in [3.63, 3.8) is 0 Å². The molecule has 2 rings (SSSR count). The van der Waals surface area contributed by atoms with Gasteiger partial charge in [0.05, 0.1) is 6.07 Å². The normalized spacial score (nSPS) is 29.5. The van der Waals surface area contributed by atoms with E-state index >= 15 is 0 Å².